The Hall–Kier alpha value is -2.50. The Labute approximate surface area is 166 Å². The highest BCUT2D eigenvalue weighted by atomic mass is 16.5. The van der Waals surface area contributed by atoms with Crippen molar-refractivity contribution in [3.05, 3.63) is 65.5 Å². The normalized spacial score (nSPS) is 18.0. The second-order valence-electron chi connectivity index (χ2n) is 7.83. The summed E-state index contributed by atoms with van der Waals surface area (Å²) < 4.78 is 6.05. The monoisotopic (exact) mass is 374 g/mol. The number of nitrogens with zero attached hydrogens (tertiary/aromatic N) is 4. The summed E-state index contributed by atoms with van der Waals surface area (Å²) in [5.41, 5.74) is 5.86. The lowest BCUT2D eigenvalue weighted by atomic mass is 10.1. The van der Waals surface area contributed by atoms with Gasteiger partial charge in [0.25, 0.3) is 0 Å². The van der Waals surface area contributed by atoms with Gasteiger partial charge in [0.15, 0.2) is 0 Å². The van der Waals surface area contributed by atoms with Crippen LogP contribution in [0.15, 0.2) is 48.8 Å². The first-order chi connectivity index (χ1) is 13.8. The van der Waals surface area contributed by atoms with Gasteiger partial charge in [0, 0.05) is 44.1 Å². The number of ether oxygens (including phenoxy) is 1. The van der Waals surface area contributed by atoms with E-state index in [1.54, 1.807) is 12.4 Å². The van der Waals surface area contributed by atoms with Crippen LogP contribution in [0, 0.1) is 0 Å². The number of aromatic nitrogens is 2. The molecule has 0 saturated carbocycles. The predicted octanol–water partition coefficient (Wildman–Crippen LogP) is 3.62. The van der Waals surface area contributed by atoms with Crippen molar-refractivity contribution >= 4 is 11.0 Å². The van der Waals surface area contributed by atoms with Crippen molar-refractivity contribution < 1.29 is 4.74 Å². The van der Waals surface area contributed by atoms with Crippen LogP contribution in [0.25, 0.3) is 11.0 Å². The molecule has 144 valence electrons. The molecule has 1 aromatic heterocycles. The Morgan fingerprint density at radius 2 is 1.79 bits per heavy atom. The third kappa shape index (κ3) is 3.73. The molecule has 0 unspecified atom stereocenters. The second-order valence-corrected chi connectivity index (χ2v) is 7.83. The molecule has 2 aliphatic heterocycles. The van der Waals surface area contributed by atoms with Crippen LogP contribution < -0.4 is 4.74 Å². The van der Waals surface area contributed by atoms with Gasteiger partial charge in [0.2, 0.25) is 0 Å². The highest BCUT2D eigenvalue weighted by molar-refractivity contribution is 5.77. The van der Waals surface area contributed by atoms with Crippen molar-refractivity contribution in [3.8, 4) is 5.75 Å². The SMILES string of the molecule is c1cc(CN2CCOc3ccc(CN4CCCC4)cc3C2)c2nccnc2c1. The third-order valence-electron chi connectivity index (χ3n) is 5.76. The molecule has 0 spiro atoms. The summed E-state index contributed by atoms with van der Waals surface area (Å²) in [5.74, 6) is 1.03. The zero-order valence-electron chi connectivity index (χ0n) is 16.2. The summed E-state index contributed by atoms with van der Waals surface area (Å²) in [5, 5.41) is 0. The zero-order chi connectivity index (χ0) is 18.8. The van der Waals surface area contributed by atoms with Crippen LogP contribution in [0.5, 0.6) is 5.75 Å². The van der Waals surface area contributed by atoms with Gasteiger partial charge in [-0.05, 0) is 55.3 Å². The van der Waals surface area contributed by atoms with E-state index in [2.05, 4.69) is 50.1 Å². The highest BCUT2D eigenvalue weighted by Crippen LogP contribution is 2.27. The van der Waals surface area contributed by atoms with Gasteiger partial charge in [-0.1, -0.05) is 18.2 Å². The fourth-order valence-electron chi connectivity index (χ4n) is 4.36. The lowest BCUT2D eigenvalue weighted by Gasteiger charge is -2.20. The van der Waals surface area contributed by atoms with Gasteiger partial charge in [-0.15, -0.1) is 0 Å². The number of fused-ring (bicyclic) bond motifs is 2. The predicted molar refractivity (Wildman–Crippen MR) is 110 cm³/mol. The number of hydrogen-bond donors (Lipinski definition) is 0. The van der Waals surface area contributed by atoms with Crippen LogP contribution in [0.2, 0.25) is 0 Å². The minimum atomic E-state index is 0.717. The van der Waals surface area contributed by atoms with Gasteiger partial charge >= 0.3 is 0 Å². The van der Waals surface area contributed by atoms with Crippen molar-refractivity contribution in [2.75, 3.05) is 26.2 Å². The van der Waals surface area contributed by atoms with Crippen LogP contribution in [0.3, 0.4) is 0 Å². The largest absolute Gasteiger partial charge is 0.492 e. The fourth-order valence-corrected chi connectivity index (χ4v) is 4.36. The average molecular weight is 374 g/mol. The molecule has 1 fully saturated rings. The number of likely N-dealkylation sites (tertiary alicyclic amines) is 1. The maximum Gasteiger partial charge on any atom is 0.123 e. The molecule has 5 heteroatoms. The van der Waals surface area contributed by atoms with Gasteiger partial charge in [-0.2, -0.15) is 0 Å². The molecule has 28 heavy (non-hydrogen) atoms. The molecule has 2 aromatic carbocycles. The summed E-state index contributed by atoms with van der Waals surface area (Å²) in [4.78, 5) is 14.0. The molecule has 5 nitrogen and oxygen atoms in total. The third-order valence-corrected chi connectivity index (χ3v) is 5.76. The number of para-hydroxylation sites is 1. The van der Waals surface area contributed by atoms with Gasteiger partial charge in [0.05, 0.1) is 11.0 Å². The molecule has 5 rings (SSSR count). The van der Waals surface area contributed by atoms with Gasteiger partial charge < -0.3 is 4.74 Å². The van der Waals surface area contributed by atoms with E-state index in [4.69, 9.17) is 4.74 Å². The average Bonchev–Trinajstić information content (AvgIpc) is 3.14. The lowest BCUT2D eigenvalue weighted by molar-refractivity contribution is 0.220. The molecule has 2 aliphatic rings. The van der Waals surface area contributed by atoms with E-state index < -0.39 is 0 Å². The number of rotatable bonds is 4. The molecular formula is C23H26N4O. The van der Waals surface area contributed by atoms with E-state index in [0.717, 1.165) is 49.6 Å². The van der Waals surface area contributed by atoms with E-state index >= 15 is 0 Å². The molecule has 0 aliphatic carbocycles. The van der Waals surface area contributed by atoms with E-state index in [1.807, 2.05) is 6.07 Å². The Kier molecular flexibility index (Phi) is 4.93. The van der Waals surface area contributed by atoms with E-state index in [1.165, 1.54) is 42.6 Å². The molecule has 3 aromatic rings. The Morgan fingerprint density at radius 3 is 2.71 bits per heavy atom. The minimum Gasteiger partial charge on any atom is -0.492 e. The molecule has 0 atom stereocenters. The maximum atomic E-state index is 6.05. The van der Waals surface area contributed by atoms with Gasteiger partial charge in [-0.3, -0.25) is 19.8 Å². The molecule has 0 radical (unpaired) electrons. The van der Waals surface area contributed by atoms with Gasteiger partial charge in [-0.25, -0.2) is 0 Å². The molecular weight excluding hydrogens is 348 g/mol. The minimum absolute atomic E-state index is 0.717. The first-order valence-electron chi connectivity index (χ1n) is 10.2. The van der Waals surface area contributed by atoms with Crippen molar-refractivity contribution in [1.29, 1.82) is 0 Å². The second kappa shape index (κ2) is 7.86. The molecule has 3 heterocycles. The highest BCUT2D eigenvalue weighted by Gasteiger charge is 2.18. The fraction of sp³-hybridized carbons (Fsp3) is 0.391. The standard InChI is InChI=1S/C23H26N4O/c1-2-11-26(10-1)15-18-6-7-22-20(14-18)17-27(12-13-28-22)16-19-4-3-5-21-23(19)25-9-8-24-21/h3-9,14H,1-2,10-13,15-17H2. The van der Waals surface area contributed by atoms with Crippen LogP contribution in [0.1, 0.15) is 29.5 Å². The quantitative estimate of drug-likeness (QED) is 0.698. The Morgan fingerprint density at radius 1 is 0.893 bits per heavy atom. The maximum absolute atomic E-state index is 6.05. The van der Waals surface area contributed by atoms with Crippen molar-refractivity contribution in [2.45, 2.75) is 32.5 Å². The van der Waals surface area contributed by atoms with E-state index in [0.29, 0.717) is 0 Å². The first-order valence-corrected chi connectivity index (χ1v) is 10.2. The van der Waals surface area contributed by atoms with Crippen molar-refractivity contribution in [3.63, 3.8) is 0 Å². The van der Waals surface area contributed by atoms with Crippen LogP contribution in [-0.2, 0) is 19.6 Å². The Balaban J connectivity index is 1.36. The summed E-state index contributed by atoms with van der Waals surface area (Å²) in [6.07, 6.45) is 6.19. The number of benzene rings is 2. The van der Waals surface area contributed by atoms with E-state index in [9.17, 15) is 0 Å². The Bertz CT molecular complexity index is 962. The smallest absolute Gasteiger partial charge is 0.123 e. The van der Waals surface area contributed by atoms with Crippen LogP contribution >= 0.6 is 0 Å². The molecule has 0 amide bonds. The zero-order valence-corrected chi connectivity index (χ0v) is 16.2. The molecule has 1 saturated heterocycles. The van der Waals surface area contributed by atoms with Crippen LogP contribution in [0.4, 0.5) is 0 Å². The topological polar surface area (TPSA) is 41.5 Å². The summed E-state index contributed by atoms with van der Waals surface area (Å²) in [6.45, 7) is 6.88. The lowest BCUT2D eigenvalue weighted by Crippen LogP contribution is -2.25. The van der Waals surface area contributed by atoms with Crippen molar-refractivity contribution in [2.24, 2.45) is 0 Å². The first kappa shape index (κ1) is 17.6. The van der Waals surface area contributed by atoms with Crippen LogP contribution in [-0.4, -0.2) is 46.0 Å². The van der Waals surface area contributed by atoms with Crippen molar-refractivity contribution in [1.82, 2.24) is 19.8 Å². The summed E-state index contributed by atoms with van der Waals surface area (Å²) in [6, 6.07) is 13.0. The molecule has 0 N–H and O–H groups in total. The number of hydrogen-bond acceptors (Lipinski definition) is 5. The van der Waals surface area contributed by atoms with E-state index in [-0.39, 0.29) is 0 Å². The summed E-state index contributed by atoms with van der Waals surface area (Å²) in [7, 11) is 0. The van der Waals surface area contributed by atoms with Gasteiger partial charge in [0.1, 0.15) is 12.4 Å². The molecule has 0 bridgehead atoms. The summed E-state index contributed by atoms with van der Waals surface area (Å²) >= 11 is 0.